The molecule has 0 amide bonds. The summed E-state index contributed by atoms with van der Waals surface area (Å²) in [6.45, 7) is 0. The second-order valence-electron chi connectivity index (χ2n) is 4.37. The van der Waals surface area contributed by atoms with Crippen LogP contribution in [0.2, 0.25) is 0 Å². The lowest BCUT2D eigenvalue weighted by Gasteiger charge is -2.16. The molecule has 0 radical (unpaired) electrons. The fourth-order valence-corrected chi connectivity index (χ4v) is 2.19. The molecule has 2 rings (SSSR count). The summed E-state index contributed by atoms with van der Waals surface area (Å²) in [6.07, 6.45) is 7.84. The standard InChI is InChI=1S/C14H17NO/c15-11-12-6-5-9-14(10-12)16-13-7-3-1-2-4-8-13/h5-6,9-10,13H,1-4,7-8H2. The maximum Gasteiger partial charge on any atom is 0.121 e. The van der Waals surface area contributed by atoms with Crippen LogP contribution >= 0.6 is 0 Å². The fraction of sp³-hybridized carbons (Fsp3) is 0.500. The Morgan fingerprint density at radius 3 is 2.56 bits per heavy atom. The second kappa shape index (κ2) is 5.55. The SMILES string of the molecule is N#Cc1cccc(OC2CCCCCC2)c1. The molecule has 0 N–H and O–H groups in total. The topological polar surface area (TPSA) is 33.0 Å². The van der Waals surface area contributed by atoms with Crippen molar-refractivity contribution in [1.82, 2.24) is 0 Å². The van der Waals surface area contributed by atoms with Crippen molar-refractivity contribution in [2.24, 2.45) is 0 Å². The summed E-state index contributed by atoms with van der Waals surface area (Å²) in [4.78, 5) is 0. The fourth-order valence-electron chi connectivity index (χ4n) is 2.19. The van der Waals surface area contributed by atoms with Crippen LogP contribution in [0.5, 0.6) is 5.75 Å². The van der Waals surface area contributed by atoms with Crippen LogP contribution in [0.3, 0.4) is 0 Å². The van der Waals surface area contributed by atoms with Gasteiger partial charge in [0.2, 0.25) is 0 Å². The molecular formula is C14H17NO. The van der Waals surface area contributed by atoms with Gasteiger partial charge in [0.05, 0.1) is 17.7 Å². The van der Waals surface area contributed by atoms with E-state index in [1.165, 1.54) is 25.7 Å². The molecule has 1 fully saturated rings. The van der Waals surface area contributed by atoms with Gasteiger partial charge in [0.1, 0.15) is 5.75 Å². The van der Waals surface area contributed by atoms with Gasteiger partial charge in [-0.1, -0.05) is 18.9 Å². The predicted octanol–water partition coefficient (Wildman–Crippen LogP) is 3.66. The molecular weight excluding hydrogens is 198 g/mol. The van der Waals surface area contributed by atoms with Crippen molar-refractivity contribution in [3.8, 4) is 11.8 Å². The average molecular weight is 215 g/mol. The molecule has 16 heavy (non-hydrogen) atoms. The van der Waals surface area contributed by atoms with Gasteiger partial charge in [0, 0.05) is 0 Å². The van der Waals surface area contributed by atoms with Gasteiger partial charge in [-0.25, -0.2) is 0 Å². The number of benzene rings is 1. The lowest BCUT2D eigenvalue weighted by Crippen LogP contribution is -2.14. The first-order valence-electron chi connectivity index (χ1n) is 6.05. The van der Waals surface area contributed by atoms with Gasteiger partial charge in [0.15, 0.2) is 0 Å². The van der Waals surface area contributed by atoms with Crippen molar-refractivity contribution < 1.29 is 4.74 Å². The van der Waals surface area contributed by atoms with Crippen LogP contribution in [0.1, 0.15) is 44.1 Å². The molecule has 1 aliphatic rings. The zero-order valence-electron chi connectivity index (χ0n) is 9.48. The lowest BCUT2D eigenvalue weighted by atomic mass is 10.1. The quantitative estimate of drug-likeness (QED) is 0.705. The zero-order valence-corrected chi connectivity index (χ0v) is 9.48. The van der Waals surface area contributed by atoms with Gasteiger partial charge >= 0.3 is 0 Å². The van der Waals surface area contributed by atoms with Crippen LogP contribution in [-0.4, -0.2) is 6.10 Å². The van der Waals surface area contributed by atoms with E-state index in [0.29, 0.717) is 11.7 Å². The van der Waals surface area contributed by atoms with Crippen LogP contribution in [0.25, 0.3) is 0 Å². The number of nitriles is 1. The molecule has 0 aliphatic heterocycles. The van der Waals surface area contributed by atoms with Crippen molar-refractivity contribution in [3.05, 3.63) is 29.8 Å². The maximum atomic E-state index is 8.81. The minimum absolute atomic E-state index is 0.344. The Bertz CT molecular complexity index is 373. The van der Waals surface area contributed by atoms with Crippen molar-refractivity contribution in [2.75, 3.05) is 0 Å². The molecule has 0 bridgehead atoms. The molecule has 0 aromatic heterocycles. The Kier molecular flexibility index (Phi) is 3.82. The van der Waals surface area contributed by atoms with Gasteiger partial charge in [-0.3, -0.25) is 0 Å². The molecule has 1 aromatic rings. The molecule has 0 atom stereocenters. The number of hydrogen-bond donors (Lipinski definition) is 0. The molecule has 1 aliphatic carbocycles. The molecule has 0 heterocycles. The predicted molar refractivity (Wildman–Crippen MR) is 63.3 cm³/mol. The van der Waals surface area contributed by atoms with Gasteiger partial charge in [-0.15, -0.1) is 0 Å². The van der Waals surface area contributed by atoms with E-state index < -0.39 is 0 Å². The normalized spacial score (nSPS) is 17.4. The summed E-state index contributed by atoms with van der Waals surface area (Å²) in [5, 5.41) is 8.81. The van der Waals surface area contributed by atoms with E-state index in [-0.39, 0.29) is 0 Å². The molecule has 0 unspecified atom stereocenters. The number of hydrogen-bond acceptors (Lipinski definition) is 2. The zero-order chi connectivity index (χ0) is 11.2. The Balaban J connectivity index is 1.99. The van der Waals surface area contributed by atoms with E-state index in [2.05, 4.69) is 6.07 Å². The van der Waals surface area contributed by atoms with Crippen molar-refractivity contribution in [1.29, 1.82) is 5.26 Å². The van der Waals surface area contributed by atoms with Crippen molar-refractivity contribution in [3.63, 3.8) is 0 Å². The van der Waals surface area contributed by atoms with Gasteiger partial charge in [-0.2, -0.15) is 5.26 Å². The molecule has 2 nitrogen and oxygen atoms in total. The van der Waals surface area contributed by atoms with Crippen LogP contribution in [0.4, 0.5) is 0 Å². The highest BCUT2D eigenvalue weighted by Crippen LogP contribution is 2.23. The van der Waals surface area contributed by atoms with Crippen LogP contribution in [-0.2, 0) is 0 Å². The second-order valence-corrected chi connectivity index (χ2v) is 4.37. The third-order valence-corrected chi connectivity index (χ3v) is 3.07. The van der Waals surface area contributed by atoms with E-state index in [1.807, 2.05) is 18.2 Å². The van der Waals surface area contributed by atoms with E-state index >= 15 is 0 Å². The van der Waals surface area contributed by atoms with Gasteiger partial charge in [0.25, 0.3) is 0 Å². The van der Waals surface area contributed by atoms with E-state index in [4.69, 9.17) is 10.00 Å². The first-order valence-corrected chi connectivity index (χ1v) is 6.05. The number of nitrogens with zero attached hydrogens (tertiary/aromatic N) is 1. The Hall–Kier alpha value is -1.49. The van der Waals surface area contributed by atoms with Crippen LogP contribution in [0.15, 0.2) is 24.3 Å². The maximum absolute atomic E-state index is 8.81. The molecule has 84 valence electrons. The summed E-state index contributed by atoms with van der Waals surface area (Å²) in [5.74, 6) is 0.839. The molecule has 2 heteroatoms. The van der Waals surface area contributed by atoms with E-state index in [1.54, 1.807) is 6.07 Å². The summed E-state index contributed by atoms with van der Waals surface area (Å²) >= 11 is 0. The van der Waals surface area contributed by atoms with E-state index in [9.17, 15) is 0 Å². The Morgan fingerprint density at radius 1 is 1.12 bits per heavy atom. The highest BCUT2D eigenvalue weighted by atomic mass is 16.5. The lowest BCUT2D eigenvalue weighted by molar-refractivity contribution is 0.183. The molecule has 0 spiro atoms. The highest BCUT2D eigenvalue weighted by Gasteiger charge is 2.13. The minimum Gasteiger partial charge on any atom is -0.490 e. The smallest absolute Gasteiger partial charge is 0.121 e. The Morgan fingerprint density at radius 2 is 1.88 bits per heavy atom. The summed E-state index contributed by atoms with van der Waals surface area (Å²) in [5.41, 5.74) is 0.672. The average Bonchev–Trinajstić information content (AvgIpc) is 2.58. The summed E-state index contributed by atoms with van der Waals surface area (Å²) in [7, 11) is 0. The molecule has 0 saturated heterocycles. The summed E-state index contributed by atoms with van der Waals surface area (Å²) < 4.78 is 5.93. The van der Waals surface area contributed by atoms with Gasteiger partial charge in [-0.05, 0) is 43.9 Å². The summed E-state index contributed by atoms with van der Waals surface area (Å²) in [6, 6.07) is 9.58. The monoisotopic (exact) mass is 215 g/mol. The minimum atomic E-state index is 0.344. The third-order valence-electron chi connectivity index (χ3n) is 3.07. The van der Waals surface area contributed by atoms with Gasteiger partial charge < -0.3 is 4.74 Å². The largest absolute Gasteiger partial charge is 0.490 e. The molecule has 1 saturated carbocycles. The van der Waals surface area contributed by atoms with E-state index in [0.717, 1.165) is 18.6 Å². The Labute approximate surface area is 96.9 Å². The van der Waals surface area contributed by atoms with Crippen LogP contribution in [0, 0.1) is 11.3 Å². The number of rotatable bonds is 2. The van der Waals surface area contributed by atoms with Crippen molar-refractivity contribution in [2.45, 2.75) is 44.6 Å². The first-order chi connectivity index (χ1) is 7.88. The first kappa shape index (κ1) is 11.0. The third kappa shape index (κ3) is 3.00. The van der Waals surface area contributed by atoms with Crippen molar-refractivity contribution >= 4 is 0 Å². The highest BCUT2D eigenvalue weighted by molar-refractivity contribution is 5.36. The molecule has 1 aromatic carbocycles. The number of ether oxygens (including phenoxy) is 1. The van der Waals surface area contributed by atoms with Crippen LogP contribution < -0.4 is 4.74 Å².